The molecule has 0 saturated carbocycles. The molecule has 1 amide bonds. The van der Waals surface area contributed by atoms with Gasteiger partial charge in [-0.1, -0.05) is 36.4 Å². The molecule has 166 valence electrons. The van der Waals surface area contributed by atoms with Crippen LogP contribution in [0, 0.1) is 0 Å². The first kappa shape index (κ1) is 20.9. The molecule has 0 unspecified atom stereocenters. The number of nitrogens with one attached hydrogen (secondary N) is 3. The number of fused-ring (bicyclic) bond motifs is 4. The molecule has 0 saturated heterocycles. The maximum absolute atomic E-state index is 13.6. The number of benzene rings is 2. The monoisotopic (exact) mass is 460 g/mol. The van der Waals surface area contributed by atoms with Gasteiger partial charge in [0.05, 0.1) is 11.3 Å². The highest BCUT2D eigenvalue weighted by Gasteiger charge is 2.23. The first-order valence-corrected chi connectivity index (χ1v) is 12.4. The normalized spacial score (nSPS) is 11.9. The molecule has 8 nitrogen and oxygen atoms in total. The molecule has 5 aromatic rings. The fourth-order valence-electron chi connectivity index (χ4n) is 3.95. The summed E-state index contributed by atoms with van der Waals surface area (Å²) in [6.45, 7) is -0.0446. The summed E-state index contributed by atoms with van der Waals surface area (Å²) >= 11 is 0. The highest BCUT2D eigenvalue weighted by atomic mass is 32.2. The van der Waals surface area contributed by atoms with Crippen LogP contribution in [0.2, 0.25) is 0 Å². The van der Waals surface area contributed by atoms with E-state index in [9.17, 15) is 18.0 Å². The molecular formula is C24H20N4O4S. The van der Waals surface area contributed by atoms with E-state index in [4.69, 9.17) is 0 Å². The predicted molar refractivity (Wildman–Crippen MR) is 127 cm³/mol. The van der Waals surface area contributed by atoms with Crippen molar-refractivity contribution in [2.24, 2.45) is 0 Å². The third kappa shape index (κ3) is 3.87. The number of nitrogens with zero attached hydrogens (tertiary/aromatic N) is 1. The molecule has 5 rings (SSSR count). The molecule has 3 N–H and O–H groups in total. The lowest BCUT2D eigenvalue weighted by Crippen LogP contribution is -2.29. The molecule has 0 atom stereocenters. The van der Waals surface area contributed by atoms with Crippen molar-refractivity contribution < 1.29 is 18.0 Å². The molecule has 3 aromatic heterocycles. The second-order valence-corrected chi connectivity index (χ2v) is 10.2. The van der Waals surface area contributed by atoms with Gasteiger partial charge in [0, 0.05) is 51.8 Å². The first-order chi connectivity index (χ1) is 15.8. The largest absolute Gasteiger partial charge is 0.360 e. The average molecular weight is 461 g/mol. The lowest BCUT2D eigenvalue weighted by molar-refractivity contribution is 0.0951. The van der Waals surface area contributed by atoms with E-state index >= 15 is 0 Å². The molecule has 33 heavy (non-hydrogen) atoms. The minimum atomic E-state index is -3.23. The van der Waals surface area contributed by atoms with E-state index in [1.807, 2.05) is 48.5 Å². The van der Waals surface area contributed by atoms with Crippen LogP contribution in [-0.2, 0) is 9.84 Å². The Morgan fingerprint density at radius 2 is 1.67 bits per heavy atom. The fourth-order valence-corrected chi connectivity index (χ4v) is 4.43. The Kier molecular flexibility index (Phi) is 4.98. The molecule has 0 spiro atoms. The summed E-state index contributed by atoms with van der Waals surface area (Å²) in [5, 5.41) is 4.89. The number of para-hydroxylation sites is 2. The summed E-state index contributed by atoms with van der Waals surface area (Å²) in [4.78, 5) is 37.2. The zero-order valence-corrected chi connectivity index (χ0v) is 18.5. The van der Waals surface area contributed by atoms with Crippen LogP contribution in [0.25, 0.3) is 32.7 Å². The van der Waals surface area contributed by atoms with Crippen molar-refractivity contribution in [1.29, 1.82) is 0 Å². The van der Waals surface area contributed by atoms with Crippen molar-refractivity contribution in [3.05, 3.63) is 77.7 Å². The topological polar surface area (TPSA) is 125 Å². The number of ketones is 1. The van der Waals surface area contributed by atoms with E-state index in [0.29, 0.717) is 16.5 Å². The van der Waals surface area contributed by atoms with Crippen molar-refractivity contribution in [1.82, 2.24) is 20.3 Å². The van der Waals surface area contributed by atoms with Crippen LogP contribution in [0.15, 0.2) is 60.8 Å². The third-order valence-corrected chi connectivity index (χ3v) is 6.48. The third-order valence-electron chi connectivity index (χ3n) is 5.54. The summed E-state index contributed by atoms with van der Waals surface area (Å²) in [6, 6.07) is 16.6. The van der Waals surface area contributed by atoms with Crippen LogP contribution in [0.5, 0.6) is 0 Å². The first-order valence-electron chi connectivity index (χ1n) is 10.3. The Morgan fingerprint density at radius 1 is 0.970 bits per heavy atom. The highest BCUT2D eigenvalue weighted by molar-refractivity contribution is 7.90. The summed E-state index contributed by atoms with van der Waals surface area (Å²) in [5.74, 6) is -1.05. The number of hydrogen-bond donors (Lipinski definition) is 3. The molecule has 0 aliphatic carbocycles. The number of carbonyl (C=O) groups is 2. The number of sulfone groups is 1. The number of aromatic amines is 2. The number of H-pyrrole nitrogens is 2. The molecule has 0 radical (unpaired) electrons. The van der Waals surface area contributed by atoms with E-state index in [0.717, 1.165) is 28.1 Å². The average Bonchev–Trinajstić information content (AvgIpc) is 3.38. The van der Waals surface area contributed by atoms with Crippen LogP contribution in [0.4, 0.5) is 0 Å². The van der Waals surface area contributed by atoms with Gasteiger partial charge in [0.1, 0.15) is 21.2 Å². The molecule has 9 heteroatoms. The molecule has 3 heterocycles. The zero-order valence-electron chi connectivity index (χ0n) is 17.7. The van der Waals surface area contributed by atoms with Crippen LogP contribution in [0.3, 0.4) is 0 Å². The minimum Gasteiger partial charge on any atom is -0.360 e. The fraction of sp³-hybridized carbons (Fsp3) is 0.125. The van der Waals surface area contributed by atoms with Gasteiger partial charge < -0.3 is 15.3 Å². The van der Waals surface area contributed by atoms with Crippen LogP contribution in [-0.4, -0.2) is 53.6 Å². The van der Waals surface area contributed by atoms with E-state index in [1.165, 1.54) is 0 Å². The van der Waals surface area contributed by atoms with Gasteiger partial charge in [-0.3, -0.25) is 9.59 Å². The van der Waals surface area contributed by atoms with Crippen molar-refractivity contribution >= 4 is 54.2 Å². The lowest BCUT2D eigenvalue weighted by Gasteiger charge is -2.07. The maximum Gasteiger partial charge on any atom is 0.269 e. The van der Waals surface area contributed by atoms with Crippen molar-refractivity contribution in [2.75, 3.05) is 18.6 Å². The van der Waals surface area contributed by atoms with Crippen LogP contribution in [0.1, 0.15) is 26.5 Å². The number of carbonyl (C=O) groups excluding carboxylic acids is 2. The smallest absolute Gasteiger partial charge is 0.269 e. The van der Waals surface area contributed by atoms with E-state index < -0.39 is 15.7 Å². The lowest BCUT2D eigenvalue weighted by atomic mass is 10.0. The molecule has 0 aliphatic heterocycles. The predicted octanol–water partition coefficient (Wildman–Crippen LogP) is 3.20. The number of amides is 1. The molecule has 0 fully saturated rings. The van der Waals surface area contributed by atoms with Crippen LogP contribution >= 0.6 is 0 Å². The van der Waals surface area contributed by atoms with Gasteiger partial charge in [0.15, 0.2) is 0 Å². The second kappa shape index (κ2) is 7.86. The number of hydrogen-bond acceptors (Lipinski definition) is 5. The SMILES string of the molecule is CS(=O)(=O)CCNC(=O)c1cc2c([nH]c3ccccc32)c(C(=O)c2c[nH]c3ccccc23)n1. The standard InChI is InChI=1S/C24H20N4O4S/c1-33(31,32)11-10-25-24(30)20-12-16-14-6-3-5-9-19(14)27-21(16)22(28-20)23(29)17-13-26-18-8-4-2-7-15(17)18/h2-9,12-13,26-27H,10-11H2,1H3,(H,25,30). The Balaban J connectivity index is 1.65. The summed E-state index contributed by atoms with van der Waals surface area (Å²) in [7, 11) is -3.23. The van der Waals surface area contributed by atoms with Gasteiger partial charge in [-0.05, 0) is 18.2 Å². The van der Waals surface area contributed by atoms with Gasteiger partial charge in [-0.15, -0.1) is 0 Å². The highest BCUT2D eigenvalue weighted by Crippen LogP contribution is 2.30. The van der Waals surface area contributed by atoms with Gasteiger partial charge >= 0.3 is 0 Å². The van der Waals surface area contributed by atoms with E-state index in [-0.39, 0.29) is 29.5 Å². The van der Waals surface area contributed by atoms with Crippen LogP contribution < -0.4 is 5.32 Å². The number of pyridine rings is 1. The Morgan fingerprint density at radius 3 is 2.42 bits per heavy atom. The van der Waals surface area contributed by atoms with Crippen molar-refractivity contribution in [3.63, 3.8) is 0 Å². The second-order valence-electron chi connectivity index (χ2n) is 7.91. The summed E-state index contributed by atoms with van der Waals surface area (Å²) < 4.78 is 22.8. The Bertz CT molecular complexity index is 1660. The molecule has 0 aliphatic rings. The van der Waals surface area contributed by atoms with Crippen molar-refractivity contribution in [3.8, 4) is 0 Å². The van der Waals surface area contributed by atoms with E-state index in [2.05, 4.69) is 20.3 Å². The quantitative estimate of drug-likeness (QED) is 0.336. The zero-order chi connectivity index (χ0) is 23.2. The van der Waals surface area contributed by atoms with Gasteiger partial charge in [0.25, 0.3) is 5.91 Å². The minimum absolute atomic E-state index is 0.0446. The summed E-state index contributed by atoms with van der Waals surface area (Å²) in [5.41, 5.74) is 2.80. The van der Waals surface area contributed by atoms with Gasteiger partial charge in [-0.25, -0.2) is 13.4 Å². The maximum atomic E-state index is 13.6. The molecule has 0 bridgehead atoms. The number of rotatable bonds is 6. The van der Waals surface area contributed by atoms with E-state index in [1.54, 1.807) is 12.3 Å². The van der Waals surface area contributed by atoms with Gasteiger partial charge in [0.2, 0.25) is 5.78 Å². The van der Waals surface area contributed by atoms with Crippen molar-refractivity contribution in [2.45, 2.75) is 0 Å². The molecule has 2 aromatic carbocycles. The molecular weight excluding hydrogens is 440 g/mol. The number of aromatic nitrogens is 3. The Hall–Kier alpha value is -3.98. The van der Waals surface area contributed by atoms with Gasteiger partial charge in [-0.2, -0.15) is 0 Å². The summed E-state index contributed by atoms with van der Waals surface area (Å²) in [6.07, 6.45) is 2.75. The Labute approximate surface area is 188 Å².